The van der Waals surface area contributed by atoms with Gasteiger partial charge in [-0.3, -0.25) is 14.5 Å². The van der Waals surface area contributed by atoms with Gasteiger partial charge in [0.2, 0.25) is 0 Å². The van der Waals surface area contributed by atoms with Gasteiger partial charge < -0.3 is 25.7 Å². The number of nitrogens with one attached hydrogen (secondary N) is 1. The summed E-state index contributed by atoms with van der Waals surface area (Å²) in [6.45, 7) is 0. The first kappa shape index (κ1) is 20.6. The first-order valence-corrected chi connectivity index (χ1v) is 10.1. The van der Waals surface area contributed by atoms with Crippen molar-refractivity contribution < 1.29 is 29.1 Å². The van der Waals surface area contributed by atoms with E-state index in [1.165, 1.54) is 32.1 Å². The van der Waals surface area contributed by atoms with Gasteiger partial charge in [0.15, 0.2) is 10.8 Å². The Morgan fingerprint density at radius 3 is 2.71 bits per heavy atom. The molecule has 0 saturated carbocycles. The molecule has 14 heteroatoms. The summed E-state index contributed by atoms with van der Waals surface area (Å²) in [6.07, 6.45) is 1.34. The molecule has 150 valence electrons. The van der Waals surface area contributed by atoms with E-state index in [0.717, 1.165) is 16.2 Å². The molecule has 4 N–H and O–H groups in total. The van der Waals surface area contributed by atoms with E-state index in [4.69, 9.17) is 15.3 Å². The minimum atomic E-state index is -1.26. The molecule has 3 unspecified atom stereocenters. The standard InChI is InChI=1S/C14H14BrN5O6S2/c1-25-5-3-4(13(23)24)20-11(22)8(12(20)27-5)17-10(21)7(19-26-2)6-9(15)28-14(16)18-6/h3,5,8,12H,1-2H3,(H2,16,18)(H,17,21)(H,23,24)/b19-7+. The van der Waals surface area contributed by atoms with Gasteiger partial charge in [0, 0.05) is 7.11 Å². The molecule has 11 nitrogen and oxygen atoms in total. The van der Waals surface area contributed by atoms with Gasteiger partial charge in [-0.25, -0.2) is 9.78 Å². The number of methoxy groups -OCH3 is 1. The fourth-order valence-electron chi connectivity index (χ4n) is 2.63. The van der Waals surface area contributed by atoms with Crippen molar-refractivity contribution in [3.8, 4) is 0 Å². The summed E-state index contributed by atoms with van der Waals surface area (Å²) >= 11 is 5.55. The van der Waals surface area contributed by atoms with E-state index in [1.807, 2.05) is 0 Å². The van der Waals surface area contributed by atoms with Gasteiger partial charge >= 0.3 is 5.97 Å². The van der Waals surface area contributed by atoms with E-state index in [1.54, 1.807) is 0 Å². The highest BCUT2D eigenvalue weighted by molar-refractivity contribution is 9.11. The highest BCUT2D eigenvalue weighted by Gasteiger charge is 2.54. The largest absolute Gasteiger partial charge is 0.477 e. The summed E-state index contributed by atoms with van der Waals surface area (Å²) < 4.78 is 5.66. The number of anilines is 1. The number of ether oxygens (including phenoxy) is 1. The Hall–Kier alpha value is -2.16. The molecule has 0 spiro atoms. The number of thiazole rings is 1. The Bertz CT molecular complexity index is 903. The third-order valence-electron chi connectivity index (χ3n) is 3.83. The first-order valence-electron chi connectivity index (χ1n) is 7.59. The molecule has 1 aromatic heterocycles. The smallest absolute Gasteiger partial charge is 0.352 e. The van der Waals surface area contributed by atoms with Gasteiger partial charge in [0.25, 0.3) is 11.8 Å². The van der Waals surface area contributed by atoms with Crippen LogP contribution in [0.1, 0.15) is 5.69 Å². The molecule has 2 aliphatic rings. The fourth-order valence-corrected chi connectivity index (χ4v) is 5.24. The average Bonchev–Trinajstić information content (AvgIpc) is 3.00. The number of carboxylic acid groups (broad SMARTS) is 1. The number of aliphatic carboxylic acids is 1. The summed E-state index contributed by atoms with van der Waals surface area (Å²) in [5.41, 5.74) is 4.88. The van der Waals surface area contributed by atoms with Crippen LogP contribution in [-0.4, -0.2) is 69.6 Å². The van der Waals surface area contributed by atoms with Gasteiger partial charge in [0.1, 0.15) is 39.1 Å². The molecule has 1 aromatic rings. The number of nitrogens with two attached hydrogens (primary N) is 1. The fraction of sp³-hybridized carbons (Fsp3) is 0.357. The number of carbonyl (C=O) groups is 3. The van der Waals surface area contributed by atoms with Crippen LogP contribution < -0.4 is 11.1 Å². The lowest BCUT2D eigenvalue weighted by atomic mass is 10.0. The van der Waals surface area contributed by atoms with Crippen LogP contribution in [0.15, 0.2) is 20.7 Å². The highest BCUT2D eigenvalue weighted by Crippen LogP contribution is 2.41. The quantitative estimate of drug-likeness (QED) is 0.286. The molecule has 1 fully saturated rings. The Labute approximate surface area is 175 Å². The topological polar surface area (TPSA) is 156 Å². The maximum absolute atomic E-state index is 12.7. The molecule has 28 heavy (non-hydrogen) atoms. The van der Waals surface area contributed by atoms with Crippen LogP contribution in [0.4, 0.5) is 5.13 Å². The van der Waals surface area contributed by atoms with Crippen LogP contribution >= 0.6 is 39.0 Å². The molecule has 0 bridgehead atoms. The number of fused-ring (bicyclic) bond motifs is 1. The Kier molecular flexibility index (Phi) is 5.92. The molecule has 2 amide bonds. The molecule has 3 heterocycles. The highest BCUT2D eigenvalue weighted by atomic mass is 79.9. The second-order valence-corrected chi connectivity index (χ2v) is 9.01. The number of thioether (sulfide) groups is 1. The zero-order valence-corrected chi connectivity index (χ0v) is 17.6. The van der Waals surface area contributed by atoms with Gasteiger partial charge in [-0.2, -0.15) is 0 Å². The molecule has 2 aliphatic heterocycles. The predicted octanol–water partition coefficient (Wildman–Crippen LogP) is 0.179. The third-order valence-corrected chi connectivity index (χ3v) is 6.73. The molecule has 3 atom stereocenters. The number of nitrogens with zero attached hydrogens (tertiary/aromatic N) is 3. The zero-order chi connectivity index (χ0) is 20.6. The maximum Gasteiger partial charge on any atom is 0.352 e. The number of nitrogen functional groups attached to an aromatic ring is 1. The lowest BCUT2D eigenvalue weighted by molar-refractivity contribution is -0.150. The van der Waals surface area contributed by atoms with Crippen molar-refractivity contribution in [1.29, 1.82) is 0 Å². The van der Waals surface area contributed by atoms with Gasteiger partial charge in [0.05, 0.1) is 0 Å². The van der Waals surface area contributed by atoms with Gasteiger partial charge in [-0.05, 0) is 22.0 Å². The van der Waals surface area contributed by atoms with Crippen molar-refractivity contribution in [2.75, 3.05) is 20.0 Å². The van der Waals surface area contributed by atoms with Crippen molar-refractivity contribution in [1.82, 2.24) is 15.2 Å². The normalized spacial score (nSPS) is 24.2. The lowest BCUT2D eigenvalue weighted by Crippen LogP contribution is -2.71. The number of halogens is 1. The number of rotatable bonds is 6. The van der Waals surface area contributed by atoms with E-state index >= 15 is 0 Å². The van der Waals surface area contributed by atoms with Crippen LogP contribution in [0.2, 0.25) is 0 Å². The molecular weight excluding hydrogens is 478 g/mol. The molecule has 0 aromatic carbocycles. The second-order valence-electron chi connectivity index (χ2n) is 5.44. The number of amides is 2. The van der Waals surface area contributed by atoms with Crippen molar-refractivity contribution in [3.63, 3.8) is 0 Å². The Morgan fingerprint density at radius 2 is 2.18 bits per heavy atom. The Balaban J connectivity index is 1.82. The number of aromatic nitrogens is 1. The Morgan fingerprint density at radius 1 is 1.46 bits per heavy atom. The van der Waals surface area contributed by atoms with E-state index in [-0.39, 0.29) is 22.2 Å². The molecule has 3 rings (SSSR count). The summed E-state index contributed by atoms with van der Waals surface area (Å²) in [6, 6.07) is -0.963. The molecule has 1 saturated heterocycles. The van der Waals surface area contributed by atoms with E-state index in [9.17, 15) is 19.5 Å². The van der Waals surface area contributed by atoms with Crippen LogP contribution in [0.3, 0.4) is 0 Å². The number of hydrogen-bond donors (Lipinski definition) is 3. The molecular formula is C14H14BrN5O6S2. The summed E-state index contributed by atoms with van der Waals surface area (Å²) in [5, 5.41) is 15.1. The molecule has 0 aliphatic carbocycles. The van der Waals surface area contributed by atoms with Crippen molar-refractivity contribution in [2.45, 2.75) is 16.9 Å². The van der Waals surface area contributed by atoms with E-state index < -0.39 is 34.6 Å². The predicted molar refractivity (Wildman–Crippen MR) is 104 cm³/mol. The molecule has 0 radical (unpaired) electrons. The average molecular weight is 492 g/mol. The number of β-lactam (4-membered cyclic amide) rings is 1. The van der Waals surface area contributed by atoms with E-state index in [2.05, 4.69) is 31.4 Å². The number of oxime groups is 1. The SMILES string of the molecule is CO/N=C(/C(=O)NC1C(=O)N2C(C(=O)O)=CC(OC)SC12)c1nc(N)sc1Br. The number of hydrogen-bond acceptors (Lipinski definition) is 10. The van der Waals surface area contributed by atoms with Crippen LogP contribution in [0, 0.1) is 0 Å². The second kappa shape index (κ2) is 8.06. The summed E-state index contributed by atoms with van der Waals surface area (Å²) in [4.78, 5) is 46.5. The van der Waals surface area contributed by atoms with Gasteiger partial charge in [-0.15, -0.1) is 0 Å². The van der Waals surface area contributed by atoms with Crippen molar-refractivity contribution >= 4 is 67.7 Å². The van der Waals surface area contributed by atoms with E-state index in [0.29, 0.717) is 3.79 Å². The maximum atomic E-state index is 12.7. The minimum Gasteiger partial charge on any atom is -0.477 e. The number of carboxylic acids is 1. The van der Waals surface area contributed by atoms with Crippen LogP contribution in [0.25, 0.3) is 0 Å². The van der Waals surface area contributed by atoms with Crippen molar-refractivity contribution in [2.24, 2.45) is 5.16 Å². The third kappa shape index (κ3) is 3.59. The minimum absolute atomic E-state index is 0.169. The zero-order valence-electron chi connectivity index (χ0n) is 14.4. The first-order chi connectivity index (χ1) is 13.3. The van der Waals surface area contributed by atoms with Gasteiger partial charge in [-0.1, -0.05) is 28.3 Å². The van der Waals surface area contributed by atoms with Crippen LogP contribution in [-0.2, 0) is 24.0 Å². The lowest BCUT2D eigenvalue weighted by Gasteiger charge is -2.49. The summed E-state index contributed by atoms with van der Waals surface area (Å²) in [5.74, 6) is -2.52. The monoisotopic (exact) mass is 491 g/mol. The number of carbonyl (C=O) groups excluding carboxylic acids is 2. The van der Waals surface area contributed by atoms with Crippen LogP contribution in [0.5, 0.6) is 0 Å². The van der Waals surface area contributed by atoms with Crippen molar-refractivity contribution in [3.05, 3.63) is 21.3 Å². The summed E-state index contributed by atoms with van der Waals surface area (Å²) in [7, 11) is 2.68.